The molecule has 0 aromatic heterocycles. The van der Waals surface area contributed by atoms with Crippen LogP contribution in [0.5, 0.6) is 0 Å². The lowest BCUT2D eigenvalue weighted by Gasteiger charge is -2.23. The number of carboxylic acids is 1. The van der Waals surface area contributed by atoms with E-state index in [0.717, 1.165) is 16.7 Å². The Bertz CT molecular complexity index is 767. The zero-order valence-electron chi connectivity index (χ0n) is 12.5. The van der Waals surface area contributed by atoms with Crippen LogP contribution >= 0.6 is 0 Å². The number of aryl methyl sites for hydroxylation is 2. The second-order valence-electron chi connectivity index (χ2n) is 5.66. The number of anilines is 1. The van der Waals surface area contributed by atoms with Gasteiger partial charge in [-0.25, -0.2) is 4.79 Å². The van der Waals surface area contributed by atoms with Crippen molar-refractivity contribution in [2.45, 2.75) is 26.3 Å². The maximum Gasteiger partial charge on any atom is 0.327 e. The largest absolute Gasteiger partial charge is 0.480 e. The quantitative estimate of drug-likeness (QED) is 0.926. The maximum absolute atomic E-state index is 12.9. The molecule has 0 radical (unpaired) electrons. The minimum absolute atomic E-state index is 0.263. The van der Waals surface area contributed by atoms with Crippen molar-refractivity contribution in [3.8, 4) is 0 Å². The fraction of sp³-hybridized carbons (Fsp3) is 0.222. The monoisotopic (exact) mass is 295 g/mol. The molecule has 112 valence electrons. The topological polar surface area (TPSA) is 57.6 Å². The fourth-order valence-corrected chi connectivity index (χ4v) is 2.85. The predicted octanol–water partition coefficient (Wildman–Crippen LogP) is 2.96. The summed E-state index contributed by atoms with van der Waals surface area (Å²) in [6, 6.07) is 12.0. The van der Waals surface area contributed by atoms with Crippen molar-refractivity contribution in [1.82, 2.24) is 0 Å². The van der Waals surface area contributed by atoms with Gasteiger partial charge in [-0.15, -0.1) is 0 Å². The number of aliphatic carboxylic acids is 1. The van der Waals surface area contributed by atoms with E-state index in [9.17, 15) is 14.7 Å². The van der Waals surface area contributed by atoms with E-state index in [-0.39, 0.29) is 5.91 Å². The molecule has 0 fully saturated rings. The molecule has 0 saturated carbocycles. The molecule has 1 heterocycles. The van der Waals surface area contributed by atoms with Gasteiger partial charge in [0.05, 0.1) is 0 Å². The van der Waals surface area contributed by atoms with Gasteiger partial charge in [0.2, 0.25) is 0 Å². The van der Waals surface area contributed by atoms with Crippen molar-refractivity contribution in [3.05, 3.63) is 64.7 Å². The zero-order chi connectivity index (χ0) is 15.9. The number of hydrogen-bond acceptors (Lipinski definition) is 2. The number of nitrogens with zero attached hydrogens (tertiary/aromatic N) is 1. The highest BCUT2D eigenvalue weighted by atomic mass is 16.4. The smallest absolute Gasteiger partial charge is 0.327 e. The summed E-state index contributed by atoms with van der Waals surface area (Å²) in [5.41, 5.74) is 4.23. The van der Waals surface area contributed by atoms with E-state index in [4.69, 9.17) is 0 Å². The van der Waals surface area contributed by atoms with Crippen LogP contribution in [0.25, 0.3) is 0 Å². The van der Waals surface area contributed by atoms with Crippen molar-refractivity contribution in [3.63, 3.8) is 0 Å². The van der Waals surface area contributed by atoms with E-state index in [1.54, 1.807) is 12.1 Å². The third-order valence-electron chi connectivity index (χ3n) is 4.23. The first-order valence-corrected chi connectivity index (χ1v) is 7.20. The molecular formula is C18H17NO3. The summed E-state index contributed by atoms with van der Waals surface area (Å²) in [5.74, 6) is -1.24. The van der Waals surface area contributed by atoms with Crippen LogP contribution in [-0.2, 0) is 11.2 Å². The number of hydrogen-bond donors (Lipinski definition) is 1. The number of benzene rings is 2. The second kappa shape index (κ2) is 5.30. The zero-order valence-corrected chi connectivity index (χ0v) is 12.5. The summed E-state index contributed by atoms with van der Waals surface area (Å²) in [5, 5.41) is 9.46. The maximum atomic E-state index is 12.9. The van der Waals surface area contributed by atoms with Crippen molar-refractivity contribution in [2.24, 2.45) is 0 Å². The van der Waals surface area contributed by atoms with Crippen LogP contribution in [0, 0.1) is 13.8 Å². The summed E-state index contributed by atoms with van der Waals surface area (Å²) >= 11 is 0. The summed E-state index contributed by atoms with van der Waals surface area (Å²) in [4.78, 5) is 25.8. The third-order valence-corrected chi connectivity index (χ3v) is 4.23. The standard InChI is InChI=1S/C18H17NO3/c1-11-7-8-14(9-12(11)2)17(20)19-15-6-4-3-5-13(15)10-16(19)18(21)22/h3-9,16H,10H2,1-2H3,(H,21,22). The average molecular weight is 295 g/mol. The second-order valence-corrected chi connectivity index (χ2v) is 5.66. The lowest BCUT2D eigenvalue weighted by molar-refractivity contribution is -0.138. The Morgan fingerprint density at radius 3 is 2.50 bits per heavy atom. The Hall–Kier alpha value is -2.62. The van der Waals surface area contributed by atoms with Gasteiger partial charge >= 0.3 is 5.97 Å². The van der Waals surface area contributed by atoms with Crippen molar-refractivity contribution in [1.29, 1.82) is 0 Å². The molecule has 0 bridgehead atoms. The molecule has 1 amide bonds. The SMILES string of the molecule is Cc1ccc(C(=O)N2c3ccccc3CC2C(=O)O)cc1C. The molecule has 22 heavy (non-hydrogen) atoms. The van der Waals surface area contributed by atoms with Crippen LogP contribution < -0.4 is 4.90 Å². The average Bonchev–Trinajstić information content (AvgIpc) is 2.89. The number of fused-ring (bicyclic) bond motifs is 1. The van der Waals surface area contributed by atoms with Crippen molar-refractivity contribution < 1.29 is 14.7 Å². The van der Waals surface area contributed by atoms with Gasteiger partial charge in [-0.2, -0.15) is 0 Å². The normalized spacial score (nSPS) is 16.5. The molecule has 0 spiro atoms. The van der Waals surface area contributed by atoms with Crippen molar-refractivity contribution in [2.75, 3.05) is 4.90 Å². The number of amides is 1. The van der Waals surface area contributed by atoms with Crippen molar-refractivity contribution >= 4 is 17.6 Å². The van der Waals surface area contributed by atoms with Gasteiger partial charge in [-0.05, 0) is 48.7 Å². The molecule has 4 heteroatoms. The van der Waals surface area contributed by atoms with Gasteiger partial charge in [-0.1, -0.05) is 24.3 Å². The molecule has 4 nitrogen and oxygen atoms in total. The molecule has 2 aromatic rings. The van der Waals surface area contributed by atoms with E-state index in [1.165, 1.54) is 4.90 Å². The molecule has 1 atom stereocenters. The molecular weight excluding hydrogens is 278 g/mol. The van der Waals surface area contributed by atoms with Crippen LogP contribution in [0.3, 0.4) is 0 Å². The Morgan fingerprint density at radius 2 is 1.82 bits per heavy atom. The number of carboxylic acid groups (broad SMARTS) is 1. The van der Waals surface area contributed by atoms with E-state index in [0.29, 0.717) is 17.7 Å². The van der Waals surface area contributed by atoms with Gasteiger partial charge < -0.3 is 5.11 Å². The van der Waals surface area contributed by atoms with Crippen LogP contribution in [0.2, 0.25) is 0 Å². The fourth-order valence-electron chi connectivity index (χ4n) is 2.85. The van der Waals surface area contributed by atoms with E-state index in [2.05, 4.69) is 0 Å². The highest BCUT2D eigenvalue weighted by Gasteiger charge is 2.38. The summed E-state index contributed by atoms with van der Waals surface area (Å²) < 4.78 is 0. The molecule has 1 N–H and O–H groups in total. The van der Waals surface area contributed by atoms with Gasteiger partial charge in [-0.3, -0.25) is 9.69 Å². The minimum atomic E-state index is -0.978. The number of carbonyl (C=O) groups excluding carboxylic acids is 1. The lowest BCUT2D eigenvalue weighted by atomic mass is 10.1. The van der Waals surface area contributed by atoms with Gasteiger partial charge in [0.25, 0.3) is 5.91 Å². The number of rotatable bonds is 2. The Balaban J connectivity index is 2.05. The minimum Gasteiger partial charge on any atom is -0.480 e. The van der Waals surface area contributed by atoms with Gasteiger partial charge in [0.1, 0.15) is 6.04 Å². The molecule has 1 aliphatic rings. The Morgan fingerprint density at radius 1 is 1.09 bits per heavy atom. The summed E-state index contributed by atoms with van der Waals surface area (Å²) in [6.07, 6.45) is 0.349. The summed E-state index contributed by atoms with van der Waals surface area (Å²) in [7, 11) is 0. The molecule has 3 rings (SSSR count). The highest BCUT2D eigenvalue weighted by Crippen LogP contribution is 2.33. The highest BCUT2D eigenvalue weighted by molar-refractivity contribution is 6.11. The van der Waals surface area contributed by atoms with E-state index < -0.39 is 12.0 Å². The first-order chi connectivity index (χ1) is 10.5. The molecule has 0 aliphatic carbocycles. The molecule has 2 aromatic carbocycles. The molecule has 1 unspecified atom stereocenters. The first-order valence-electron chi connectivity index (χ1n) is 7.20. The van der Waals surface area contributed by atoms with Crippen LogP contribution in [0.4, 0.5) is 5.69 Å². The molecule has 1 aliphatic heterocycles. The van der Waals surface area contributed by atoms with E-state index in [1.807, 2.05) is 44.2 Å². The number of carbonyl (C=O) groups is 2. The Kier molecular flexibility index (Phi) is 3.45. The van der Waals surface area contributed by atoms with Gasteiger partial charge in [0.15, 0.2) is 0 Å². The first kappa shape index (κ1) is 14.3. The van der Waals surface area contributed by atoms with E-state index >= 15 is 0 Å². The lowest BCUT2D eigenvalue weighted by Crippen LogP contribution is -2.42. The Labute approximate surface area is 129 Å². The number of para-hydroxylation sites is 1. The van der Waals surface area contributed by atoms with Crippen LogP contribution in [-0.4, -0.2) is 23.0 Å². The molecule has 0 saturated heterocycles. The van der Waals surface area contributed by atoms with Gasteiger partial charge in [0, 0.05) is 17.7 Å². The van der Waals surface area contributed by atoms with Crippen LogP contribution in [0.1, 0.15) is 27.0 Å². The predicted molar refractivity (Wildman–Crippen MR) is 84.3 cm³/mol. The van der Waals surface area contributed by atoms with Crippen LogP contribution in [0.15, 0.2) is 42.5 Å². The third kappa shape index (κ3) is 2.26. The summed E-state index contributed by atoms with van der Waals surface area (Å²) in [6.45, 7) is 3.92.